The Hall–Kier alpha value is -1.73. The summed E-state index contributed by atoms with van der Waals surface area (Å²) in [5, 5.41) is 9.04. The van der Waals surface area contributed by atoms with Crippen molar-refractivity contribution in [3.8, 4) is 0 Å². The van der Waals surface area contributed by atoms with Crippen molar-refractivity contribution in [2.45, 2.75) is 19.9 Å². The fourth-order valence-corrected chi connectivity index (χ4v) is 2.81. The summed E-state index contributed by atoms with van der Waals surface area (Å²) in [5.74, 6) is -0.189. The minimum absolute atomic E-state index is 0.00909. The molecular weight excluding hydrogens is 264 g/mol. The number of nitrogens with zero attached hydrogens (tertiary/aromatic N) is 3. The van der Waals surface area contributed by atoms with Crippen molar-refractivity contribution in [3.05, 3.63) is 17.3 Å². The van der Waals surface area contributed by atoms with E-state index in [9.17, 15) is 4.79 Å². The lowest BCUT2D eigenvalue weighted by Crippen LogP contribution is -2.38. The molecule has 102 valence electrons. The number of hydrogen-bond acceptors (Lipinski definition) is 6. The molecular formula is C12H16N4O2S. The maximum absolute atomic E-state index is 12.5. The third-order valence-electron chi connectivity index (χ3n) is 2.78. The summed E-state index contributed by atoms with van der Waals surface area (Å²) < 4.78 is 0. The molecule has 2 aromatic heterocycles. The summed E-state index contributed by atoms with van der Waals surface area (Å²) in [6.45, 7) is 4.00. The van der Waals surface area contributed by atoms with Gasteiger partial charge in [-0.2, -0.15) is 0 Å². The number of anilines is 1. The van der Waals surface area contributed by atoms with Crippen molar-refractivity contribution in [3.63, 3.8) is 0 Å². The van der Waals surface area contributed by atoms with Crippen molar-refractivity contribution in [1.82, 2.24) is 14.9 Å². The highest BCUT2D eigenvalue weighted by Crippen LogP contribution is 2.31. The van der Waals surface area contributed by atoms with E-state index >= 15 is 0 Å². The first kappa shape index (κ1) is 13.7. The lowest BCUT2D eigenvalue weighted by atomic mass is 10.2. The van der Waals surface area contributed by atoms with Gasteiger partial charge in [0, 0.05) is 25.0 Å². The standard InChI is InChI=1S/C12H16N4O2S/c1-7(2)16(5-6-17)12(18)10-8(13)9-11(19-10)15-4-3-14-9/h3-4,7,17H,5-6,13H2,1-2H3. The molecule has 2 aromatic rings. The molecule has 1 amide bonds. The van der Waals surface area contributed by atoms with Crippen molar-refractivity contribution < 1.29 is 9.90 Å². The molecule has 0 atom stereocenters. The highest BCUT2D eigenvalue weighted by Gasteiger charge is 2.24. The van der Waals surface area contributed by atoms with Crippen LogP contribution >= 0.6 is 11.3 Å². The molecule has 3 N–H and O–H groups in total. The molecule has 2 heterocycles. The smallest absolute Gasteiger partial charge is 0.266 e. The van der Waals surface area contributed by atoms with E-state index < -0.39 is 0 Å². The minimum atomic E-state index is -0.189. The Labute approximate surface area is 114 Å². The molecule has 2 rings (SSSR count). The SMILES string of the molecule is CC(C)N(CCO)C(=O)c1sc2nccnc2c1N. The zero-order chi connectivity index (χ0) is 14.0. The van der Waals surface area contributed by atoms with E-state index in [1.807, 2.05) is 13.8 Å². The van der Waals surface area contributed by atoms with E-state index in [1.165, 1.54) is 11.3 Å². The molecule has 0 aliphatic heterocycles. The van der Waals surface area contributed by atoms with Gasteiger partial charge in [0.05, 0.1) is 12.3 Å². The Morgan fingerprint density at radius 3 is 2.74 bits per heavy atom. The van der Waals surface area contributed by atoms with Crippen LogP contribution in [-0.4, -0.2) is 45.1 Å². The number of fused-ring (bicyclic) bond motifs is 1. The first-order chi connectivity index (χ1) is 9.06. The molecule has 19 heavy (non-hydrogen) atoms. The monoisotopic (exact) mass is 280 g/mol. The maximum Gasteiger partial charge on any atom is 0.266 e. The lowest BCUT2D eigenvalue weighted by Gasteiger charge is -2.25. The second kappa shape index (κ2) is 5.50. The lowest BCUT2D eigenvalue weighted by molar-refractivity contribution is 0.0671. The molecule has 0 saturated carbocycles. The molecule has 0 fully saturated rings. The number of rotatable bonds is 4. The molecule has 0 aliphatic carbocycles. The van der Waals surface area contributed by atoms with Crippen LogP contribution in [0.1, 0.15) is 23.5 Å². The Balaban J connectivity index is 2.43. The van der Waals surface area contributed by atoms with E-state index in [2.05, 4.69) is 9.97 Å². The number of aromatic nitrogens is 2. The summed E-state index contributed by atoms with van der Waals surface area (Å²) in [6, 6.07) is -0.00909. The zero-order valence-electron chi connectivity index (χ0n) is 10.8. The quantitative estimate of drug-likeness (QED) is 0.875. The molecule has 0 saturated heterocycles. The van der Waals surface area contributed by atoms with Crippen LogP contribution in [0.15, 0.2) is 12.4 Å². The third-order valence-corrected chi connectivity index (χ3v) is 3.87. The topological polar surface area (TPSA) is 92.3 Å². The van der Waals surface area contributed by atoms with Crippen molar-refractivity contribution >= 4 is 33.3 Å². The molecule has 0 unspecified atom stereocenters. The highest BCUT2D eigenvalue weighted by atomic mass is 32.1. The van der Waals surface area contributed by atoms with Gasteiger partial charge in [-0.05, 0) is 13.8 Å². The van der Waals surface area contributed by atoms with Gasteiger partial charge < -0.3 is 15.7 Å². The maximum atomic E-state index is 12.5. The Kier molecular flexibility index (Phi) is 3.96. The Morgan fingerprint density at radius 2 is 2.16 bits per heavy atom. The second-order valence-corrected chi connectivity index (χ2v) is 5.37. The normalized spacial score (nSPS) is 11.2. The molecule has 0 spiro atoms. The molecule has 7 heteroatoms. The summed E-state index contributed by atoms with van der Waals surface area (Å²) in [4.78, 5) is 23.4. The molecule has 0 bridgehead atoms. The van der Waals surface area contributed by atoms with E-state index in [1.54, 1.807) is 17.3 Å². The zero-order valence-corrected chi connectivity index (χ0v) is 11.6. The third kappa shape index (κ3) is 2.52. The summed E-state index contributed by atoms with van der Waals surface area (Å²) >= 11 is 1.23. The van der Waals surface area contributed by atoms with E-state index in [4.69, 9.17) is 10.8 Å². The van der Waals surface area contributed by atoms with Gasteiger partial charge in [-0.15, -0.1) is 11.3 Å². The van der Waals surface area contributed by atoms with Crippen LogP contribution in [0.2, 0.25) is 0 Å². The van der Waals surface area contributed by atoms with E-state index in [-0.39, 0.29) is 25.1 Å². The second-order valence-electron chi connectivity index (χ2n) is 4.37. The van der Waals surface area contributed by atoms with Gasteiger partial charge in [0.25, 0.3) is 5.91 Å². The predicted molar refractivity (Wildman–Crippen MR) is 75.1 cm³/mol. The fraction of sp³-hybridized carbons (Fsp3) is 0.417. The van der Waals surface area contributed by atoms with Gasteiger partial charge in [0.15, 0.2) is 0 Å². The van der Waals surface area contributed by atoms with Crippen LogP contribution in [0, 0.1) is 0 Å². The van der Waals surface area contributed by atoms with Gasteiger partial charge in [0.2, 0.25) is 0 Å². The average molecular weight is 280 g/mol. The number of thiophene rings is 1. The number of carbonyl (C=O) groups is 1. The fourth-order valence-electron chi connectivity index (χ4n) is 1.84. The van der Waals surface area contributed by atoms with Crippen LogP contribution < -0.4 is 5.73 Å². The molecule has 0 aliphatic rings. The summed E-state index contributed by atoms with van der Waals surface area (Å²) in [6.07, 6.45) is 3.12. The molecule has 0 aromatic carbocycles. The van der Waals surface area contributed by atoms with Gasteiger partial charge in [-0.25, -0.2) is 9.97 Å². The van der Waals surface area contributed by atoms with Crippen LogP contribution in [0.5, 0.6) is 0 Å². The number of hydrogen-bond donors (Lipinski definition) is 2. The predicted octanol–water partition coefficient (Wildman–Crippen LogP) is 1.12. The number of aliphatic hydroxyl groups is 1. The Bertz CT molecular complexity index is 596. The van der Waals surface area contributed by atoms with Crippen molar-refractivity contribution in [1.29, 1.82) is 0 Å². The Morgan fingerprint density at radius 1 is 1.47 bits per heavy atom. The highest BCUT2D eigenvalue weighted by molar-refractivity contribution is 7.21. The number of amides is 1. The van der Waals surface area contributed by atoms with Crippen molar-refractivity contribution in [2.24, 2.45) is 0 Å². The number of nitrogens with two attached hydrogens (primary N) is 1. The van der Waals surface area contributed by atoms with E-state index in [0.29, 0.717) is 20.9 Å². The van der Waals surface area contributed by atoms with Crippen LogP contribution in [0.25, 0.3) is 10.3 Å². The van der Waals surface area contributed by atoms with Gasteiger partial charge in [-0.3, -0.25) is 4.79 Å². The van der Waals surface area contributed by atoms with Crippen molar-refractivity contribution in [2.75, 3.05) is 18.9 Å². The van der Waals surface area contributed by atoms with Gasteiger partial charge >= 0.3 is 0 Å². The van der Waals surface area contributed by atoms with Crippen LogP contribution in [-0.2, 0) is 0 Å². The van der Waals surface area contributed by atoms with Gasteiger partial charge in [0.1, 0.15) is 15.2 Å². The first-order valence-corrected chi connectivity index (χ1v) is 6.78. The van der Waals surface area contributed by atoms with Crippen LogP contribution in [0.4, 0.5) is 5.69 Å². The summed E-state index contributed by atoms with van der Waals surface area (Å²) in [7, 11) is 0. The minimum Gasteiger partial charge on any atom is -0.396 e. The first-order valence-electron chi connectivity index (χ1n) is 5.97. The van der Waals surface area contributed by atoms with E-state index in [0.717, 1.165) is 0 Å². The van der Waals surface area contributed by atoms with Gasteiger partial charge in [-0.1, -0.05) is 0 Å². The van der Waals surface area contributed by atoms with Crippen LogP contribution in [0.3, 0.4) is 0 Å². The molecule has 6 nitrogen and oxygen atoms in total. The number of aliphatic hydroxyl groups excluding tert-OH is 1. The molecule has 0 radical (unpaired) electrons. The largest absolute Gasteiger partial charge is 0.396 e. The average Bonchev–Trinajstić information content (AvgIpc) is 2.73. The number of carbonyl (C=O) groups excluding carboxylic acids is 1. The summed E-state index contributed by atoms with van der Waals surface area (Å²) in [5.41, 5.74) is 6.89. The number of nitrogen functional groups attached to an aromatic ring is 1.